The summed E-state index contributed by atoms with van der Waals surface area (Å²) in [6.07, 6.45) is 6.27. The van der Waals surface area contributed by atoms with E-state index in [9.17, 15) is 16.3 Å². The first-order valence-electron chi connectivity index (χ1n) is 14.2. The smallest absolute Gasteiger partial charge is 0.123 e. The van der Waals surface area contributed by atoms with Crippen LogP contribution in [0.1, 0.15) is 55.8 Å². The fourth-order valence-electron chi connectivity index (χ4n) is 5.02. The summed E-state index contributed by atoms with van der Waals surface area (Å²) in [5.74, 6) is -0.402. The van der Waals surface area contributed by atoms with Gasteiger partial charge in [0.2, 0.25) is 0 Å². The van der Waals surface area contributed by atoms with Gasteiger partial charge in [-0.05, 0) is 54.7 Å². The van der Waals surface area contributed by atoms with Crippen molar-refractivity contribution in [3.8, 4) is 12.1 Å². The third-order valence-corrected chi connectivity index (χ3v) is 7.60. The number of nitrogens with one attached hydrogen (secondary N) is 4. The lowest BCUT2D eigenvalue weighted by molar-refractivity contribution is 0.260. The van der Waals surface area contributed by atoms with Gasteiger partial charge >= 0.3 is 0 Å². The predicted molar refractivity (Wildman–Crippen MR) is 161 cm³/mol. The number of halogens is 2. The van der Waals surface area contributed by atoms with E-state index in [1.807, 2.05) is 41.5 Å². The van der Waals surface area contributed by atoms with Crippen LogP contribution in [0.5, 0.6) is 0 Å². The molecule has 0 spiro atoms. The van der Waals surface area contributed by atoms with E-state index < -0.39 is 11.8 Å². The van der Waals surface area contributed by atoms with Gasteiger partial charge in [-0.1, -0.05) is 54.1 Å². The summed E-state index contributed by atoms with van der Waals surface area (Å²) in [6.45, 7) is 0. The number of hydrogen-bond donors (Lipinski definition) is 4. The number of aromatic nitrogens is 1. The van der Waals surface area contributed by atoms with Crippen LogP contribution in [0.4, 0.5) is 15.8 Å². The Bertz CT molecular complexity index is 1770. The lowest BCUT2D eigenvalue weighted by Crippen LogP contribution is -2.38. The van der Waals surface area contributed by atoms with Crippen LogP contribution in [-0.2, 0) is 0 Å². The maximum Gasteiger partial charge on any atom is 0.123 e. The van der Waals surface area contributed by atoms with Crippen LogP contribution >= 0.6 is 11.6 Å². The second-order valence-electron chi connectivity index (χ2n) is 10.2. The highest BCUT2D eigenvalue weighted by atomic mass is 35.5. The minimum Gasteiger partial charge on any atom is -0.377 e. The van der Waals surface area contributed by atoms with Gasteiger partial charge < -0.3 is 16.1 Å². The van der Waals surface area contributed by atoms with Crippen molar-refractivity contribution < 1.29 is 5.76 Å². The average Bonchev–Trinajstić information content (AvgIpc) is 3.75. The zero-order valence-corrected chi connectivity index (χ0v) is 23.3. The van der Waals surface area contributed by atoms with Crippen molar-refractivity contribution in [2.24, 2.45) is 0 Å². The number of anilines is 2. The summed E-state index contributed by atoms with van der Waals surface area (Å²) in [6, 6.07) is 22.0. The second kappa shape index (κ2) is 12.0. The third kappa shape index (κ3) is 5.80. The summed E-state index contributed by atoms with van der Waals surface area (Å²) < 4.78 is 23.5. The van der Waals surface area contributed by atoms with Crippen molar-refractivity contribution in [3.63, 3.8) is 0 Å². The molecule has 0 radical (unpaired) electrons. The molecule has 0 amide bonds. The third-order valence-electron chi connectivity index (χ3n) is 7.31. The molecule has 1 saturated carbocycles. The quantitative estimate of drug-likeness (QED) is 0.162. The number of hydrogen-bond acceptors (Lipinski definition) is 8. The van der Waals surface area contributed by atoms with Gasteiger partial charge in [0.1, 0.15) is 11.9 Å². The second-order valence-corrected chi connectivity index (χ2v) is 10.6. The van der Waals surface area contributed by atoms with E-state index in [4.69, 9.17) is 11.6 Å². The molecular formula is C32H28ClFN8. The van der Waals surface area contributed by atoms with Crippen molar-refractivity contribution >= 4 is 33.9 Å². The highest BCUT2D eigenvalue weighted by Gasteiger charge is 2.32. The number of nitrogens with zero attached hydrogens (tertiary/aromatic N) is 4. The van der Waals surface area contributed by atoms with E-state index in [1.54, 1.807) is 24.3 Å². The molecule has 1 aliphatic carbocycles. The van der Waals surface area contributed by atoms with Gasteiger partial charge in [0.05, 0.1) is 47.0 Å². The molecule has 1 aliphatic heterocycles. The van der Waals surface area contributed by atoms with Crippen LogP contribution in [0.25, 0.3) is 10.9 Å². The van der Waals surface area contributed by atoms with Crippen molar-refractivity contribution in [1.29, 1.82) is 10.5 Å². The Balaban J connectivity index is 1.44. The Morgan fingerprint density at radius 3 is 2.60 bits per heavy atom. The molecule has 1 aromatic heterocycles. The lowest BCUT2D eigenvalue weighted by atomic mass is 10.00. The molecule has 2 heterocycles. The van der Waals surface area contributed by atoms with Gasteiger partial charge in [0.25, 0.3) is 0 Å². The topological polar surface area (TPSA) is 112 Å². The molecule has 210 valence electrons. The van der Waals surface area contributed by atoms with Crippen LogP contribution in [0.15, 0.2) is 84.8 Å². The van der Waals surface area contributed by atoms with Gasteiger partial charge in [-0.3, -0.25) is 9.99 Å². The predicted octanol–water partition coefficient (Wildman–Crippen LogP) is 6.84. The molecule has 4 aromatic rings. The van der Waals surface area contributed by atoms with Crippen molar-refractivity contribution in [2.45, 2.75) is 43.8 Å². The monoisotopic (exact) mass is 579 g/mol. The summed E-state index contributed by atoms with van der Waals surface area (Å²) >= 11 is 6.78. The minimum absolute atomic E-state index is 0.254. The Kier molecular flexibility index (Phi) is 7.43. The Hall–Kier alpha value is -4.83. The van der Waals surface area contributed by atoms with Crippen LogP contribution in [0.3, 0.4) is 0 Å². The summed E-state index contributed by atoms with van der Waals surface area (Å²) in [5.41, 5.74) is 10.1. The molecule has 0 saturated heterocycles. The standard InChI is InChI=1S/C32H28ClFN8/c33-27-16-24(38-31(21-8-10-23(34)11-9-21)29-19-42(41-40-29)25-12-13-25)15-26-30(22(17-36)18-37-32(26)27)39-28(7-4-14-35)20-5-2-1-3-6-20/h1-3,5-6,8-11,15-16,18-19,25,28,31,38,40-41H,4,7,12-13H2,(H,37,39)/t28-,31-/m1/s1/i31D. The van der Waals surface area contributed by atoms with Crippen molar-refractivity contribution in [2.75, 3.05) is 10.6 Å². The molecule has 1 fully saturated rings. The number of benzene rings is 3. The molecule has 2 atom stereocenters. The van der Waals surface area contributed by atoms with Crippen LogP contribution in [-0.4, -0.2) is 16.0 Å². The van der Waals surface area contributed by atoms with Crippen molar-refractivity contribution in [3.05, 3.63) is 112 Å². The fraction of sp³-hybridized carbons (Fsp3) is 0.219. The highest BCUT2D eigenvalue weighted by Crippen LogP contribution is 2.38. The highest BCUT2D eigenvalue weighted by molar-refractivity contribution is 6.35. The van der Waals surface area contributed by atoms with Gasteiger partial charge in [0.15, 0.2) is 0 Å². The first kappa shape index (κ1) is 26.1. The number of nitriles is 2. The molecule has 2 aliphatic rings. The molecule has 42 heavy (non-hydrogen) atoms. The first-order chi connectivity index (χ1) is 20.9. The van der Waals surface area contributed by atoms with Gasteiger partial charge in [-0.2, -0.15) is 10.5 Å². The Morgan fingerprint density at radius 2 is 1.88 bits per heavy atom. The SMILES string of the molecule is [2H][C@](Nc1cc(Cl)c2ncc(C#N)c(N[C@H](CCC#N)c3ccccc3)c2c1)(C1=CN(C2CC2)NN1)c1ccc(F)cc1. The molecule has 8 nitrogen and oxygen atoms in total. The zero-order valence-electron chi connectivity index (χ0n) is 23.5. The molecule has 4 N–H and O–H groups in total. The molecular weight excluding hydrogens is 551 g/mol. The van der Waals surface area contributed by atoms with E-state index in [1.165, 1.54) is 18.3 Å². The Morgan fingerprint density at radius 1 is 1.10 bits per heavy atom. The van der Waals surface area contributed by atoms with Gasteiger partial charge in [0, 0.05) is 35.9 Å². The number of rotatable bonds is 10. The van der Waals surface area contributed by atoms with E-state index in [0.717, 1.165) is 18.4 Å². The number of fused-ring (bicyclic) bond motifs is 1. The minimum atomic E-state index is -1.56. The maximum atomic E-state index is 13.9. The Labute approximate surface area is 249 Å². The summed E-state index contributed by atoms with van der Waals surface area (Å²) in [7, 11) is 0. The van der Waals surface area contributed by atoms with E-state index in [0.29, 0.717) is 63.0 Å². The number of hydrazine groups is 2. The van der Waals surface area contributed by atoms with Crippen LogP contribution in [0, 0.1) is 28.5 Å². The number of pyridine rings is 1. The summed E-state index contributed by atoms with van der Waals surface area (Å²) in [5, 5.41) is 29.0. The average molecular weight is 580 g/mol. The first-order valence-corrected chi connectivity index (χ1v) is 14.0. The molecule has 0 bridgehead atoms. The lowest BCUT2D eigenvalue weighted by Gasteiger charge is -2.24. The van der Waals surface area contributed by atoms with Gasteiger partial charge in [-0.15, -0.1) is 5.53 Å². The van der Waals surface area contributed by atoms with Crippen molar-refractivity contribution in [1.82, 2.24) is 21.0 Å². The molecule has 10 heteroatoms. The summed E-state index contributed by atoms with van der Waals surface area (Å²) in [4.78, 5) is 4.47. The van der Waals surface area contributed by atoms with E-state index >= 15 is 0 Å². The van der Waals surface area contributed by atoms with Gasteiger partial charge in [-0.25, -0.2) is 4.39 Å². The zero-order chi connectivity index (χ0) is 30.0. The molecule has 0 unspecified atom stereocenters. The van der Waals surface area contributed by atoms with E-state index in [2.05, 4.69) is 38.7 Å². The normalized spacial score (nSPS) is 16.8. The largest absolute Gasteiger partial charge is 0.377 e. The van der Waals surface area contributed by atoms with Crippen LogP contribution < -0.4 is 21.6 Å². The van der Waals surface area contributed by atoms with E-state index in [-0.39, 0.29) is 6.04 Å². The molecule has 3 aromatic carbocycles. The maximum absolute atomic E-state index is 13.9. The van der Waals surface area contributed by atoms with Crippen LogP contribution in [0.2, 0.25) is 5.02 Å². The fourth-order valence-corrected chi connectivity index (χ4v) is 5.29. The molecule has 6 rings (SSSR count).